The van der Waals surface area contributed by atoms with Crippen LogP contribution in [0.5, 0.6) is 17.2 Å². The predicted molar refractivity (Wildman–Crippen MR) is 137 cm³/mol. The van der Waals surface area contributed by atoms with Gasteiger partial charge in [-0.2, -0.15) is 0 Å². The fourth-order valence-electron chi connectivity index (χ4n) is 4.74. The van der Waals surface area contributed by atoms with Crippen LogP contribution in [0.4, 0.5) is 10.5 Å². The Kier molecular flexibility index (Phi) is 6.17. The second kappa shape index (κ2) is 9.43. The molecule has 0 bridgehead atoms. The van der Waals surface area contributed by atoms with Gasteiger partial charge in [0.1, 0.15) is 17.2 Å². The molecule has 2 heterocycles. The monoisotopic (exact) mass is 491 g/mol. The van der Waals surface area contributed by atoms with Crippen LogP contribution in [0.1, 0.15) is 22.9 Å². The molecule has 0 radical (unpaired) electrons. The maximum absolute atomic E-state index is 13.7. The number of halogens is 1. The van der Waals surface area contributed by atoms with E-state index in [1.54, 1.807) is 19.2 Å². The quantitative estimate of drug-likeness (QED) is 0.357. The number of hydrogen-bond donors (Lipinski definition) is 2. The molecule has 8 heteroatoms. The summed E-state index contributed by atoms with van der Waals surface area (Å²) in [6, 6.07) is 18.8. The van der Waals surface area contributed by atoms with Crippen molar-refractivity contribution in [3.05, 3.63) is 82.5 Å². The molecule has 1 atom stereocenters. The Morgan fingerprint density at radius 3 is 2.46 bits per heavy atom. The molecule has 1 aliphatic heterocycles. The Balaban J connectivity index is 1.55. The standard InChI is InChI=1S/C27H26ClN3O4/c1-33-17-10-8-16(9-11-17)26-25-19(18-6-4-5-7-21(18)29-25)12-13-31(26)27(32)30-22-14-20(28)23(34-2)15-24(22)35-3/h4-11,14-15,26,29H,12-13H2,1-3H3,(H,30,32)/t26-/m1/s1. The SMILES string of the molecule is COc1ccc([C@@H]2c3[nH]c4ccccc4c3CCN2C(=O)Nc2cc(Cl)c(OC)cc2OC)cc1. The van der Waals surface area contributed by atoms with Crippen molar-refractivity contribution in [3.63, 3.8) is 0 Å². The number of rotatable bonds is 5. The lowest BCUT2D eigenvalue weighted by molar-refractivity contribution is 0.193. The summed E-state index contributed by atoms with van der Waals surface area (Å²) < 4.78 is 16.1. The van der Waals surface area contributed by atoms with Crippen molar-refractivity contribution in [3.8, 4) is 17.2 Å². The van der Waals surface area contributed by atoms with E-state index in [2.05, 4.69) is 22.4 Å². The van der Waals surface area contributed by atoms with Gasteiger partial charge in [0.05, 0.1) is 38.1 Å². The maximum atomic E-state index is 13.7. The Morgan fingerprint density at radius 2 is 1.74 bits per heavy atom. The highest BCUT2D eigenvalue weighted by Gasteiger charge is 2.35. The molecule has 3 aromatic carbocycles. The van der Waals surface area contributed by atoms with Gasteiger partial charge in [-0.15, -0.1) is 0 Å². The largest absolute Gasteiger partial charge is 0.497 e. The minimum Gasteiger partial charge on any atom is -0.497 e. The third kappa shape index (κ3) is 4.12. The summed E-state index contributed by atoms with van der Waals surface area (Å²) in [6.45, 7) is 0.545. The molecule has 1 aliphatic rings. The molecule has 0 fully saturated rings. The second-order valence-electron chi connectivity index (χ2n) is 8.30. The fourth-order valence-corrected chi connectivity index (χ4v) is 4.98. The first-order chi connectivity index (χ1) is 17.0. The molecular weight excluding hydrogens is 466 g/mol. The topological polar surface area (TPSA) is 75.8 Å². The zero-order valence-electron chi connectivity index (χ0n) is 19.7. The molecular formula is C27H26ClN3O4. The van der Waals surface area contributed by atoms with Crippen LogP contribution in [-0.4, -0.2) is 43.8 Å². The summed E-state index contributed by atoms with van der Waals surface area (Å²) in [5.74, 6) is 1.69. The van der Waals surface area contributed by atoms with Gasteiger partial charge in [-0.05, 0) is 41.8 Å². The Hall–Kier alpha value is -3.84. The number of urea groups is 1. The molecule has 0 saturated carbocycles. The molecule has 5 rings (SSSR count). The van der Waals surface area contributed by atoms with E-state index in [4.69, 9.17) is 25.8 Å². The number of anilines is 1. The number of carbonyl (C=O) groups is 1. The van der Waals surface area contributed by atoms with Crippen LogP contribution < -0.4 is 19.5 Å². The molecule has 2 amide bonds. The average molecular weight is 492 g/mol. The molecule has 2 N–H and O–H groups in total. The highest BCUT2D eigenvalue weighted by Crippen LogP contribution is 2.40. The van der Waals surface area contributed by atoms with Crippen molar-refractivity contribution < 1.29 is 19.0 Å². The summed E-state index contributed by atoms with van der Waals surface area (Å²) in [5, 5.41) is 4.56. The smallest absolute Gasteiger partial charge is 0.322 e. The van der Waals surface area contributed by atoms with Gasteiger partial charge in [-0.25, -0.2) is 4.79 Å². The minimum atomic E-state index is -0.309. The molecule has 180 valence electrons. The van der Waals surface area contributed by atoms with Crippen LogP contribution in [0.2, 0.25) is 5.02 Å². The van der Waals surface area contributed by atoms with Crippen molar-refractivity contribution >= 4 is 34.2 Å². The number of H-pyrrole nitrogens is 1. The van der Waals surface area contributed by atoms with Gasteiger partial charge >= 0.3 is 6.03 Å². The van der Waals surface area contributed by atoms with E-state index in [0.717, 1.165) is 28.9 Å². The highest BCUT2D eigenvalue weighted by molar-refractivity contribution is 6.32. The summed E-state index contributed by atoms with van der Waals surface area (Å²) in [6.07, 6.45) is 0.736. The third-order valence-electron chi connectivity index (χ3n) is 6.44. The lowest BCUT2D eigenvalue weighted by Gasteiger charge is -2.36. The van der Waals surface area contributed by atoms with Crippen LogP contribution in [-0.2, 0) is 6.42 Å². The number of nitrogens with zero attached hydrogens (tertiary/aromatic N) is 1. The Bertz CT molecular complexity index is 1380. The van der Waals surface area contributed by atoms with Crippen LogP contribution >= 0.6 is 11.6 Å². The number of fused-ring (bicyclic) bond motifs is 3. The van der Waals surface area contributed by atoms with E-state index in [1.165, 1.54) is 25.2 Å². The Labute approximate surface area is 208 Å². The third-order valence-corrected chi connectivity index (χ3v) is 6.74. The van der Waals surface area contributed by atoms with Crippen molar-refractivity contribution in [2.24, 2.45) is 0 Å². The zero-order valence-corrected chi connectivity index (χ0v) is 20.5. The molecule has 0 unspecified atom stereocenters. The molecule has 4 aromatic rings. The first-order valence-electron chi connectivity index (χ1n) is 11.3. The number of para-hydroxylation sites is 1. The van der Waals surface area contributed by atoms with Crippen molar-refractivity contribution in [1.82, 2.24) is 9.88 Å². The summed E-state index contributed by atoms with van der Waals surface area (Å²) in [7, 11) is 4.71. The van der Waals surface area contributed by atoms with E-state index in [-0.39, 0.29) is 12.1 Å². The predicted octanol–water partition coefficient (Wildman–Crippen LogP) is 6.03. The average Bonchev–Trinajstić information content (AvgIpc) is 3.27. The number of benzene rings is 3. The van der Waals surface area contributed by atoms with E-state index < -0.39 is 0 Å². The number of nitrogens with one attached hydrogen (secondary N) is 2. The second-order valence-corrected chi connectivity index (χ2v) is 8.71. The van der Waals surface area contributed by atoms with Crippen molar-refractivity contribution in [2.45, 2.75) is 12.5 Å². The lowest BCUT2D eigenvalue weighted by Crippen LogP contribution is -2.43. The van der Waals surface area contributed by atoms with Crippen molar-refractivity contribution in [2.75, 3.05) is 33.2 Å². The highest BCUT2D eigenvalue weighted by atomic mass is 35.5. The normalized spacial score (nSPS) is 15.0. The van der Waals surface area contributed by atoms with Crippen molar-refractivity contribution in [1.29, 1.82) is 0 Å². The summed E-state index contributed by atoms with van der Waals surface area (Å²) in [5.41, 5.74) is 4.75. The molecule has 1 aromatic heterocycles. The van der Waals surface area contributed by atoms with Gasteiger partial charge < -0.3 is 29.4 Å². The van der Waals surface area contributed by atoms with Gasteiger partial charge in [0.15, 0.2) is 0 Å². The number of amides is 2. The number of ether oxygens (including phenoxy) is 3. The number of carbonyl (C=O) groups excluding carboxylic acids is 1. The zero-order chi connectivity index (χ0) is 24.5. The molecule has 7 nitrogen and oxygen atoms in total. The first-order valence-corrected chi connectivity index (χ1v) is 11.6. The fraction of sp³-hybridized carbons (Fsp3) is 0.222. The number of methoxy groups -OCH3 is 3. The van der Waals surface area contributed by atoms with Crippen LogP contribution in [0.3, 0.4) is 0 Å². The molecule has 0 spiro atoms. The molecule has 0 saturated heterocycles. The number of hydrogen-bond acceptors (Lipinski definition) is 4. The molecule has 0 aliphatic carbocycles. The van der Waals surface area contributed by atoms with Gasteiger partial charge in [0.25, 0.3) is 0 Å². The van der Waals surface area contributed by atoms with Crippen LogP contribution in [0, 0.1) is 0 Å². The number of aromatic amines is 1. The summed E-state index contributed by atoms with van der Waals surface area (Å²) in [4.78, 5) is 19.1. The minimum absolute atomic E-state index is 0.255. The lowest BCUT2D eigenvalue weighted by atomic mass is 9.92. The Morgan fingerprint density at radius 1 is 1.00 bits per heavy atom. The molecule has 35 heavy (non-hydrogen) atoms. The van der Waals surface area contributed by atoms with Gasteiger partial charge in [0, 0.05) is 29.2 Å². The van der Waals surface area contributed by atoms with Gasteiger partial charge in [-0.3, -0.25) is 0 Å². The van der Waals surface area contributed by atoms with Gasteiger partial charge in [-0.1, -0.05) is 41.9 Å². The maximum Gasteiger partial charge on any atom is 0.322 e. The first kappa shape index (κ1) is 22.9. The van der Waals surface area contributed by atoms with E-state index in [1.807, 2.05) is 41.3 Å². The van der Waals surface area contributed by atoms with E-state index >= 15 is 0 Å². The van der Waals surface area contributed by atoms with E-state index in [0.29, 0.717) is 28.8 Å². The van der Waals surface area contributed by atoms with Crippen LogP contribution in [0.15, 0.2) is 60.7 Å². The summed E-state index contributed by atoms with van der Waals surface area (Å²) >= 11 is 6.33. The van der Waals surface area contributed by atoms with E-state index in [9.17, 15) is 4.79 Å². The van der Waals surface area contributed by atoms with Gasteiger partial charge in [0.2, 0.25) is 0 Å². The number of aromatic nitrogens is 1. The van der Waals surface area contributed by atoms with Crippen LogP contribution in [0.25, 0.3) is 10.9 Å².